The molecule has 1 rings (SSSR count). The molecule has 0 aromatic carbocycles. The largest absolute Gasteiger partial charge is 0.235 e. The van der Waals surface area contributed by atoms with E-state index in [4.69, 9.17) is 6.42 Å². The van der Waals surface area contributed by atoms with Crippen molar-refractivity contribution in [3.8, 4) is 12.3 Å². The average Bonchev–Trinajstić information content (AvgIpc) is 2.22. The Hall–Kier alpha value is -1.27. The molecule has 1 aromatic rings. The number of hydrogen-bond acceptors (Lipinski definition) is 3. The normalized spacial score (nSPS) is 11.1. The summed E-state index contributed by atoms with van der Waals surface area (Å²) in [6.45, 7) is 3.90. The summed E-state index contributed by atoms with van der Waals surface area (Å²) >= 11 is 1.60. The minimum Gasteiger partial charge on any atom is -0.235 e. The summed E-state index contributed by atoms with van der Waals surface area (Å²) in [4.78, 5) is 8.36. The Bertz CT molecular complexity index is 402. The molecule has 1 heterocycles. The smallest absolute Gasteiger partial charge is 0.117 e. The summed E-state index contributed by atoms with van der Waals surface area (Å²) in [5.41, 5.74) is 2.72. The molecule has 0 radical (unpaired) electrons. The Morgan fingerprint density at radius 1 is 1.57 bits per heavy atom. The van der Waals surface area contributed by atoms with Crippen molar-refractivity contribution in [2.75, 3.05) is 6.26 Å². The molecule has 0 fully saturated rings. The molecule has 3 heteroatoms. The fourth-order valence-corrected chi connectivity index (χ4v) is 1.76. The average molecular weight is 204 g/mol. The SMILES string of the molecule is C#C/C(=C/C)c1ncnc(SC)c1C. The van der Waals surface area contributed by atoms with E-state index in [0.717, 1.165) is 21.9 Å². The molecule has 2 nitrogen and oxygen atoms in total. The highest BCUT2D eigenvalue weighted by Crippen LogP contribution is 2.22. The Kier molecular flexibility index (Phi) is 3.73. The molecule has 0 bridgehead atoms. The van der Waals surface area contributed by atoms with Gasteiger partial charge >= 0.3 is 0 Å². The van der Waals surface area contributed by atoms with Crippen LogP contribution in [0.3, 0.4) is 0 Å². The molecule has 0 saturated carbocycles. The molecule has 1 aromatic heterocycles. The van der Waals surface area contributed by atoms with Gasteiger partial charge in [-0.2, -0.15) is 0 Å². The summed E-state index contributed by atoms with van der Waals surface area (Å²) < 4.78 is 0. The summed E-state index contributed by atoms with van der Waals surface area (Å²) in [5, 5.41) is 0.976. The zero-order valence-corrected chi connectivity index (χ0v) is 9.35. The van der Waals surface area contributed by atoms with Gasteiger partial charge in [0.1, 0.15) is 11.4 Å². The molecule has 0 atom stereocenters. The van der Waals surface area contributed by atoms with E-state index in [1.165, 1.54) is 0 Å². The van der Waals surface area contributed by atoms with Crippen LogP contribution in [0.15, 0.2) is 17.4 Å². The van der Waals surface area contributed by atoms with Gasteiger partial charge in [0.15, 0.2) is 0 Å². The highest BCUT2D eigenvalue weighted by atomic mass is 32.2. The molecule has 0 amide bonds. The van der Waals surface area contributed by atoms with Crippen LogP contribution in [0.1, 0.15) is 18.2 Å². The molecule has 0 N–H and O–H groups in total. The van der Waals surface area contributed by atoms with Crippen LogP contribution in [-0.2, 0) is 0 Å². The van der Waals surface area contributed by atoms with Crippen molar-refractivity contribution in [1.29, 1.82) is 0 Å². The molecular formula is C11H12N2S. The maximum atomic E-state index is 5.39. The van der Waals surface area contributed by atoms with Crippen molar-refractivity contribution < 1.29 is 0 Å². The predicted molar refractivity (Wildman–Crippen MR) is 61.0 cm³/mol. The van der Waals surface area contributed by atoms with E-state index in [1.807, 2.05) is 26.2 Å². The van der Waals surface area contributed by atoms with Gasteiger partial charge in [-0.1, -0.05) is 12.0 Å². The van der Waals surface area contributed by atoms with Gasteiger partial charge in [0.2, 0.25) is 0 Å². The lowest BCUT2D eigenvalue weighted by Crippen LogP contribution is -1.96. The van der Waals surface area contributed by atoms with Crippen molar-refractivity contribution in [3.05, 3.63) is 23.7 Å². The van der Waals surface area contributed by atoms with Crippen LogP contribution in [-0.4, -0.2) is 16.2 Å². The molecule has 0 spiro atoms. The third kappa shape index (κ3) is 1.97. The molecule has 0 unspecified atom stereocenters. The van der Waals surface area contributed by atoms with Crippen LogP contribution in [0.5, 0.6) is 0 Å². The minimum atomic E-state index is 0.820. The molecule has 0 aliphatic carbocycles. The molecule has 14 heavy (non-hydrogen) atoms. The molecule has 0 aliphatic rings. The third-order valence-corrected chi connectivity index (χ3v) is 2.73. The second-order valence-electron chi connectivity index (χ2n) is 2.70. The van der Waals surface area contributed by atoms with E-state index < -0.39 is 0 Å². The van der Waals surface area contributed by atoms with Crippen LogP contribution >= 0.6 is 11.8 Å². The number of rotatable bonds is 2. The van der Waals surface area contributed by atoms with Crippen molar-refractivity contribution >= 4 is 17.3 Å². The van der Waals surface area contributed by atoms with E-state index in [1.54, 1.807) is 18.1 Å². The molecular weight excluding hydrogens is 192 g/mol. The van der Waals surface area contributed by atoms with Crippen molar-refractivity contribution in [2.24, 2.45) is 0 Å². The summed E-state index contributed by atoms with van der Waals surface area (Å²) in [5.74, 6) is 2.62. The number of nitrogens with zero attached hydrogens (tertiary/aromatic N) is 2. The van der Waals surface area contributed by atoms with Gasteiger partial charge in [0, 0.05) is 11.1 Å². The van der Waals surface area contributed by atoms with E-state index in [-0.39, 0.29) is 0 Å². The number of terminal acetylenes is 1. The second kappa shape index (κ2) is 4.83. The third-order valence-electron chi connectivity index (χ3n) is 1.93. The van der Waals surface area contributed by atoms with Crippen LogP contribution < -0.4 is 0 Å². The number of thioether (sulfide) groups is 1. The summed E-state index contributed by atoms with van der Waals surface area (Å²) in [6, 6.07) is 0. The Morgan fingerprint density at radius 2 is 2.29 bits per heavy atom. The quantitative estimate of drug-likeness (QED) is 0.420. The van der Waals surface area contributed by atoms with Crippen LogP contribution in [0.25, 0.3) is 5.57 Å². The van der Waals surface area contributed by atoms with Crippen LogP contribution in [0, 0.1) is 19.3 Å². The van der Waals surface area contributed by atoms with Gasteiger partial charge in [-0.05, 0) is 20.1 Å². The number of aromatic nitrogens is 2. The molecule has 0 saturated heterocycles. The van der Waals surface area contributed by atoms with E-state index in [2.05, 4.69) is 15.9 Å². The standard InChI is InChI=1S/C11H12N2S/c1-5-9(6-2)10-8(3)11(14-4)13-7-12-10/h1,6-7H,2-4H3/b9-6-. The van der Waals surface area contributed by atoms with Crippen molar-refractivity contribution in [3.63, 3.8) is 0 Å². The molecule has 0 aliphatic heterocycles. The first kappa shape index (κ1) is 10.8. The zero-order valence-electron chi connectivity index (χ0n) is 8.53. The topological polar surface area (TPSA) is 25.8 Å². The van der Waals surface area contributed by atoms with Gasteiger partial charge in [-0.3, -0.25) is 0 Å². The first-order valence-corrected chi connectivity index (χ1v) is 5.46. The monoisotopic (exact) mass is 204 g/mol. The lowest BCUT2D eigenvalue weighted by Gasteiger charge is -2.06. The van der Waals surface area contributed by atoms with Crippen molar-refractivity contribution in [2.45, 2.75) is 18.9 Å². The highest BCUT2D eigenvalue weighted by Gasteiger charge is 2.07. The Balaban J connectivity index is 3.30. The number of hydrogen-bond donors (Lipinski definition) is 0. The Labute approximate surface area is 88.9 Å². The second-order valence-corrected chi connectivity index (χ2v) is 3.50. The summed E-state index contributed by atoms with van der Waals surface area (Å²) in [6.07, 6.45) is 10.8. The maximum absolute atomic E-state index is 5.39. The van der Waals surface area contributed by atoms with Crippen LogP contribution in [0.4, 0.5) is 0 Å². The lowest BCUT2D eigenvalue weighted by atomic mass is 10.1. The first-order chi connectivity index (χ1) is 6.74. The number of allylic oxidation sites excluding steroid dienone is 2. The first-order valence-electron chi connectivity index (χ1n) is 4.23. The Morgan fingerprint density at radius 3 is 2.79 bits per heavy atom. The fourth-order valence-electron chi connectivity index (χ4n) is 1.20. The zero-order chi connectivity index (χ0) is 10.6. The summed E-state index contributed by atoms with van der Waals surface area (Å²) in [7, 11) is 0. The maximum Gasteiger partial charge on any atom is 0.117 e. The van der Waals surface area contributed by atoms with E-state index in [9.17, 15) is 0 Å². The van der Waals surface area contributed by atoms with E-state index in [0.29, 0.717) is 0 Å². The van der Waals surface area contributed by atoms with Gasteiger partial charge in [0.05, 0.1) is 5.69 Å². The predicted octanol–water partition coefficient (Wildman–Crippen LogP) is 2.54. The van der Waals surface area contributed by atoms with Crippen LogP contribution in [0.2, 0.25) is 0 Å². The fraction of sp³-hybridized carbons (Fsp3) is 0.273. The van der Waals surface area contributed by atoms with Crippen molar-refractivity contribution in [1.82, 2.24) is 9.97 Å². The van der Waals surface area contributed by atoms with E-state index >= 15 is 0 Å². The molecule has 72 valence electrons. The highest BCUT2D eigenvalue weighted by molar-refractivity contribution is 7.98. The minimum absolute atomic E-state index is 0.820. The van der Waals surface area contributed by atoms with Gasteiger partial charge < -0.3 is 0 Å². The van der Waals surface area contributed by atoms with Gasteiger partial charge in [-0.15, -0.1) is 18.2 Å². The van der Waals surface area contributed by atoms with Gasteiger partial charge in [-0.25, -0.2) is 9.97 Å². The van der Waals surface area contributed by atoms with Gasteiger partial charge in [0.25, 0.3) is 0 Å². The lowest BCUT2D eigenvalue weighted by molar-refractivity contribution is 0.991.